The third-order valence-corrected chi connectivity index (χ3v) is 4.69. The minimum atomic E-state index is -0.341. The van der Waals surface area contributed by atoms with E-state index in [0.717, 1.165) is 31.2 Å². The van der Waals surface area contributed by atoms with Crippen molar-refractivity contribution in [1.29, 1.82) is 0 Å². The number of anilines is 1. The Morgan fingerprint density at radius 2 is 1.63 bits per heavy atom. The standard InChI is InChI=1S/C25H33NO4/c1-5-6-7-10-17-29-24(28)19-13-15-20(16-14-19)26-23(27)18-30-22-12-9-8-11-21(22)25(2,3)4/h8-9,11-16H,5-7,10,17-18H2,1-4H3,(H,26,27). The van der Waals surface area contributed by atoms with E-state index in [2.05, 4.69) is 33.0 Å². The first kappa shape index (κ1) is 23.5. The molecule has 0 aliphatic carbocycles. The number of esters is 1. The summed E-state index contributed by atoms with van der Waals surface area (Å²) in [6.07, 6.45) is 4.25. The highest BCUT2D eigenvalue weighted by Crippen LogP contribution is 2.30. The molecule has 0 atom stereocenters. The minimum Gasteiger partial charge on any atom is -0.483 e. The maximum Gasteiger partial charge on any atom is 0.338 e. The third-order valence-electron chi connectivity index (χ3n) is 4.69. The molecule has 0 heterocycles. The molecule has 1 N–H and O–H groups in total. The number of nitrogens with one attached hydrogen (secondary N) is 1. The minimum absolute atomic E-state index is 0.0759. The quantitative estimate of drug-likeness (QED) is 0.400. The number of rotatable bonds is 10. The molecule has 2 aromatic rings. The van der Waals surface area contributed by atoms with Crippen LogP contribution in [-0.4, -0.2) is 25.1 Å². The number of ether oxygens (including phenoxy) is 2. The fraction of sp³-hybridized carbons (Fsp3) is 0.440. The second-order valence-corrected chi connectivity index (χ2v) is 8.36. The molecule has 2 aromatic carbocycles. The summed E-state index contributed by atoms with van der Waals surface area (Å²) in [4.78, 5) is 24.3. The second kappa shape index (κ2) is 11.4. The van der Waals surface area contributed by atoms with Gasteiger partial charge >= 0.3 is 5.97 Å². The molecular formula is C25H33NO4. The monoisotopic (exact) mass is 411 g/mol. The summed E-state index contributed by atoms with van der Waals surface area (Å²) in [7, 11) is 0. The van der Waals surface area contributed by atoms with Gasteiger partial charge in [-0.2, -0.15) is 0 Å². The molecule has 2 rings (SSSR count). The zero-order chi connectivity index (χ0) is 22.0. The molecule has 162 valence electrons. The van der Waals surface area contributed by atoms with Gasteiger partial charge in [-0.05, 0) is 47.7 Å². The van der Waals surface area contributed by atoms with Gasteiger partial charge in [0.2, 0.25) is 0 Å². The molecular weight excluding hydrogens is 378 g/mol. The van der Waals surface area contributed by atoms with E-state index in [1.54, 1.807) is 24.3 Å². The van der Waals surface area contributed by atoms with Crippen molar-refractivity contribution in [1.82, 2.24) is 0 Å². The van der Waals surface area contributed by atoms with E-state index in [-0.39, 0.29) is 23.9 Å². The van der Waals surface area contributed by atoms with E-state index in [4.69, 9.17) is 9.47 Å². The Bertz CT molecular complexity index is 822. The Labute approximate surface area is 179 Å². The average Bonchev–Trinajstić information content (AvgIpc) is 2.72. The van der Waals surface area contributed by atoms with Crippen LogP contribution >= 0.6 is 0 Å². The lowest BCUT2D eigenvalue weighted by molar-refractivity contribution is -0.118. The molecule has 0 saturated heterocycles. The fourth-order valence-corrected chi connectivity index (χ4v) is 3.02. The average molecular weight is 412 g/mol. The van der Waals surface area contributed by atoms with Crippen LogP contribution in [0.3, 0.4) is 0 Å². The molecule has 0 unspecified atom stereocenters. The molecule has 0 radical (unpaired) electrons. The molecule has 0 spiro atoms. The predicted octanol–water partition coefficient (Wildman–Crippen LogP) is 5.74. The van der Waals surface area contributed by atoms with Gasteiger partial charge in [-0.1, -0.05) is 65.2 Å². The van der Waals surface area contributed by atoms with Crippen LogP contribution in [0.1, 0.15) is 69.3 Å². The summed E-state index contributed by atoms with van der Waals surface area (Å²) >= 11 is 0. The summed E-state index contributed by atoms with van der Waals surface area (Å²) in [5.74, 6) is 0.105. The van der Waals surface area contributed by atoms with Crippen LogP contribution in [0.2, 0.25) is 0 Å². The summed E-state index contributed by atoms with van der Waals surface area (Å²) in [6, 6.07) is 14.4. The van der Waals surface area contributed by atoms with Crippen LogP contribution < -0.4 is 10.1 Å². The number of carbonyl (C=O) groups excluding carboxylic acids is 2. The number of hydrogen-bond acceptors (Lipinski definition) is 4. The Morgan fingerprint density at radius 3 is 2.30 bits per heavy atom. The van der Waals surface area contributed by atoms with E-state index >= 15 is 0 Å². The van der Waals surface area contributed by atoms with Crippen LogP contribution in [0.15, 0.2) is 48.5 Å². The van der Waals surface area contributed by atoms with Gasteiger partial charge < -0.3 is 14.8 Å². The summed E-state index contributed by atoms with van der Waals surface area (Å²) < 4.78 is 11.0. The molecule has 0 bridgehead atoms. The third kappa shape index (κ3) is 7.54. The maximum atomic E-state index is 12.3. The highest BCUT2D eigenvalue weighted by molar-refractivity contribution is 5.93. The van der Waals surface area contributed by atoms with E-state index in [0.29, 0.717) is 23.6 Å². The van der Waals surface area contributed by atoms with Crippen molar-refractivity contribution in [3.8, 4) is 5.75 Å². The van der Waals surface area contributed by atoms with Gasteiger partial charge in [-0.25, -0.2) is 4.79 Å². The lowest BCUT2D eigenvalue weighted by atomic mass is 9.86. The van der Waals surface area contributed by atoms with Crippen molar-refractivity contribution in [3.63, 3.8) is 0 Å². The SMILES string of the molecule is CCCCCCOC(=O)c1ccc(NC(=O)COc2ccccc2C(C)(C)C)cc1. The van der Waals surface area contributed by atoms with Gasteiger partial charge in [0.05, 0.1) is 12.2 Å². The fourth-order valence-electron chi connectivity index (χ4n) is 3.02. The summed E-state index contributed by atoms with van der Waals surface area (Å²) in [5.41, 5.74) is 2.05. The van der Waals surface area contributed by atoms with Crippen LogP contribution in [0.4, 0.5) is 5.69 Å². The van der Waals surface area contributed by atoms with Gasteiger partial charge in [-0.3, -0.25) is 4.79 Å². The van der Waals surface area contributed by atoms with Crippen LogP contribution in [0.5, 0.6) is 5.75 Å². The lowest BCUT2D eigenvalue weighted by Gasteiger charge is -2.22. The van der Waals surface area contributed by atoms with Crippen molar-refractivity contribution < 1.29 is 19.1 Å². The first-order valence-corrected chi connectivity index (χ1v) is 10.6. The molecule has 5 heteroatoms. The number of benzene rings is 2. The van der Waals surface area contributed by atoms with Gasteiger partial charge in [0, 0.05) is 5.69 Å². The lowest BCUT2D eigenvalue weighted by Crippen LogP contribution is -2.22. The molecule has 0 fully saturated rings. The van der Waals surface area contributed by atoms with Crippen LogP contribution in [0, 0.1) is 0 Å². The first-order chi connectivity index (χ1) is 14.3. The van der Waals surface area contributed by atoms with E-state index in [1.165, 1.54) is 0 Å². The predicted molar refractivity (Wildman–Crippen MR) is 120 cm³/mol. The van der Waals surface area contributed by atoms with Gasteiger partial charge in [0.1, 0.15) is 5.75 Å². The van der Waals surface area contributed by atoms with Crippen molar-refractivity contribution in [2.45, 2.75) is 58.8 Å². The number of carbonyl (C=O) groups is 2. The Balaban J connectivity index is 1.83. The molecule has 0 aliphatic rings. The molecule has 0 saturated carbocycles. The zero-order valence-corrected chi connectivity index (χ0v) is 18.5. The zero-order valence-electron chi connectivity index (χ0n) is 18.5. The highest BCUT2D eigenvalue weighted by Gasteiger charge is 2.19. The van der Waals surface area contributed by atoms with E-state index in [9.17, 15) is 9.59 Å². The molecule has 5 nitrogen and oxygen atoms in total. The first-order valence-electron chi connectivity index (χ1n) is 10.6. The topological polar surface area (TPSA) is 64.6 Å². The van der Waals surface area contributed by atoms with Gasteiger partial charge in [-0.15, -0.1) is 0 Å². The number of unbranched alkanes of at least 4 members (excludes halogenated alkanes) is 3. The summed E-state index contributed by atoms with van der Waals surface area (Å²) in [5, 5.41) is 2.79. The Hall–Kier alpha value is -2.82. The largest absolute Gasteiger partial charge is 0.483 e. The molecule has 1 amide bonds. The van der Waals surface area contributed by atoms with Crippen LogP contribution in [-0.2, 0) is 14.9 Å². The second-order valence-electron chi connectivity index (χ2n) is 8.36. The number of amides is 1. The highest BCUT2D eigenvalue weighted by atomic mass is 16.5. The van der Waals surface area contributed by atoms with Gasteiger partial charge in [0.15, 0.2) is 6.61 Å². The van der Waals surface area contributed by atoms with Crippen LogP contribution in [0.25, 0.3) is 0 Å². The normalized spacial score (nSPS) is 11.1. The number of para-hydroxylation sites is 1. The van der Waals surface area contributed by atoms with Crippen molar-refractivity contribution in [3.05, 3.63) is 59.7 Å². The van der Waals surface area contributed by atoms with Crippen molar-refractivity contribution in [2.24, 2.45) is 0 Å². The Kier molecular flexibility index (Phi) is 8.90. The van der Waals surface area contributed by atoms with Gasteiger partial charge in [0.25, 0.3) is 5.91 Å². The van der Waals surface area contributed by atoms with E-state index < -0.39 is 0 Å². The molecule has 0 aromatic heterocycles. The molecule has 30 heavy (non-hydrogen) atoms. The number of hydrogen-bond donors (Lipinski definition) is 1. The maximum absolute atomic E-state index is 12.3. The van der Waals surface area contributed by atoms with Crippen molar-refractivity contribution >= 4 is 17.6 Å². The Morgan fingerprint density at radius 1 is 0.933 bits per heavy atom. The smallest absolute Gasteiger partial charge is 0.338 e. The van der Waals surface area contributed by atoms with E-state index in [1.807, 2.05) is 24.3 Å². The van der Waals surface area contributed by atoms with Crippen molar-refractivity contribution in [2.75, 3.05) is 18.5 Å². The molecule has 0 aliphatic heterocycles. The summed E-state index contributed by atoms with van der Waals surface area (Å²) in [6.45, 7) is 8.80.